The summed E-state index contributed by atoms with van der Waals surface area (Å²) in [6, 6.07) is 13.6. The Balaban J connectivity index is 0.00000300. The van der Waals surface area contributed by atoms with Crippen LogP contribution in [0.3, 0.4) is 0 Å². The van der Waals surface area contributed by atoms with Gasteiger partial charge in [-0.1, -0.05) is 24.3 Å². The minimum atomic E-state index is -0.0313. The van der Waals surface area contributed by atoms with Crippen LogP contribution in [0.1, 0.15) is 29.3 Å². The highest BCUT2D eigenvalue weighted by Gasteiger charge is 2.21. The Hall–Kier alpha value is -2.15. The number of hydrogen-bond acceptors (Lipinski definition) is 5. The fourth-order valence-electron chi connectivity index (χ4n) is 3.01. The van der Waals surface area contributed by atoms with Crippen molar-refractivity contribution in [1.82, 2.24) is 9.88 Å². The van der Waals surface area contributed by atoms with Crippen LogP contribution in [0, 0.1) is 0 Å². The van der Waals surface area contributed by atoms with Crippen LogP contribution in [-0.4, -0.2) is 50.1 Å². The number of fused-ring (bicyclic) bond motifs is 1. The molecule has 0 saturated heterocycles. The fourth-order valence-corrected chi connectivity index (χ4v) is 4.06. The highest BCUT2D eigenvalue weighted by molar-refractivity contribution is 7.22. The second-order valence-corrected chi connectivity index (χ2v) is 8.00. The average Bonchev–Trinajstić information content (AvgIpc) is 3.13. The van der Waals surface area contributed by atoms with Gasteiger partial charge in [-0.2, -0.15) is 0 Å². The van der Waals surface area contributed by atoms with E-state index in [9.17, 15) is 4.79 Å². The molecule has 0 aliphatic heterocycles. The van der Waals surface area contributed by atoms with Crippen molar-refractivity contribution < 1.29 is 9.53 Å². The van der Waals surface area contributed by atoms with Gasteiger partial charge in [0, 0.05) is 12.1 Å². The molecule has 5 nitrogen and oxygen atoms in total. The van der Waals surface area contributed by atoms with E-state index in [2.05, 4.69) is 24.0 Å². The van der Waals surface area contributed by atoms with Crippen LogP contribution in [0.2, 0.25) is 0 Å². The van der Waals surface area contributed by atoms with Crippen LogP contribution in [0.15, 0.2) is 42.5 Å². The molecule has 2 aromatic carbocycles. The molecule has 0 spiro atoms. The SMILES string of the molecule is CCc1ccc2nc(N(CCCN(C)C)C(=O)c3ccc(OC)cc3)sc2c1.Cl. The third-order valence-electron chi connectivity index (χ3n) is 4.65. The van der Waals surface area contributed by atoms with Crippen LogP contribution in [0.5, 0.6) is 5.75 Å². The van der Waals surface area contributed by atoms with E-state index in [-0.39, 0.29) is 18.3 Å². The average molecular weight is 434 g/mol. The van der Waals surface area contributed by atoms with Crippen molar-refractivity contribution in [1.29, 1.82) is 0 Å². The molecule has 29 heavy (non-hydrogen) atoms. The first-order valence-corrected chi connectivity index (χ1v) is 10.3. The van der Waals surface area contributed by atoms with Crippen LogP contribution in [0.25, 0.3) is 10.2 Å². The molecule has 1 aromatic heterocycles. The molecule has 0 bridgehead atoms. The van der Waals surface area contributed by atoms with Gasteiger partial charge in [0.25, 0.3) is 5.91 Å². The molecule has 0 aliphatic rings. The lowest BCUT2D eigenvalue weighted by Gasteiger charge is -2.21. The number of nitrogens with zero attached hydrogens (tertiary/aromatic N) is 3. The lowest BCUT2D eigenvalue weighted by molar-refractivity contribution is 0.0986. The summed E-state index contributed by atoms with van der Waals surface area (Å²) in [7, 11) is 5.70. The van der Waals surface area contributed by atoms with E-state index in [4.69, 9.17) is 9.72 Å². The van der Waals surface area contributed by atoms with Gasteiger partial charge in [0.2, 0.25) is 0 Å². The van der Waals surface area contributed by atoms with E-state index in [0.717, 1.165) is 40.5 Å². The molecule has 7 heteroatoms. The van der Waals surface area contributed by atoms with E-state index >= 15 is 0 Å². The summed E-state index contributed by atoms with van der Waals surface area (Å²) in [5, 5.41) is 0.753. The van der Waals surface area contributed by atoms with Gasteiger partial charge < -0.3 is 9.64 Å². The number of benzene rings is 2. The normalized spacial score (nSPS) is 10.8. The lowest BCUT2D eigenvalue weighted by Crippen LogP contribution is -2.33. The molecule has 0 saturated carbocycles. The first-order chi connectivity index (χ1) is 13.5. The molecule has 0 unspecified atom stereocenters. The van der Waals surface area contributed by atoms with Crippen molar-refractivity contribution in [3.8, 4) is 5.75 Å². The number of aryl methyl sites for hydroxylation is 1. The molecule has 1 heterocycles. The highest BCUT2D eigenvalue weighted by Crippen LogP contribution is 2.31. The second-order valence-electron chi connectivity index (χ2n) is 6.99. The maximum Gasteiger partial charge on any atom is 0.260 e. The van der Waals surface area contributed by atoms with Gasteiger partial charge in [0.1, 0.15) is 5.75 Å². The summed E-state index contributed by atoms with van der Waals surface area (Å²) in [6.07, 6.45) is 1.87. The maximum atomic E-state index is 13.3. The zero-order valence-electron chi connectivity index (χ0n) is 17.3. The Morgan fingerprint density at radius 2 is 1.83 bits per heavy atom. The second kappa shape index (κ2) is 10.6. The van der Waals surface area contributed by atoms with E-state index in [1.807, 2.05) is 49.3 Å². The van der Waals surface area contributed by atoms with E-state index in [1.54, 1.807) is 18.4 Å². The van der Waals surface area contributed by atoms with Crippen molar-refractivity contribution in [2.24, 2.45) is 0 Å². The third-order valence-corrected chi connectivity index (χ3v) is 5.69. The number of halogens is 1. The summed E-state index contributed by atoms with van der Waals surface area (Å²) in [5.41, 5.74) is 2.86. The monoisotopic (exact) mass is 433 g/mol. The minimum absolute atomic E-state index is 0. The Bertz CT molecular complexity index is 941. The smallest absolute Gasteiger partial charge is 0.260 e. The number of ether oxygens (including phenoxy) is 1. The maximum absolute atomic E-state index is 13.3. The number of methoxy groups -OCH3 is 1. The molecular formula is C22H28ClN3O2S. The topological polar surface area (TPSA) is 45.7 Å². The zero-order valence-corrected chi connectivity index (χ0v) is 19.0. The first kappa shape index (κ1) is 23.1. The first-order valence-electron chi connectivity index (χ1n) is 9.52. The van der Waals surface area contributed by atoms with Crippen LogP contribution in [0.4, 0.5) is 5.13 Å². The van der Waals surface area contributed by atoms with E-state index < -0.39 is 0 Å². The largest absolute Gasteiger partial charge is 0.497 e. The number of aromatic nitrogens is 1. The van der Waals surface area contributed by atoms with Crippen molar-refractivity contribution >= 4 is 45.0 Å². The summed E-state index contributed by atoms with van der Waals surface area (Å²) < 4.78 is 6.33. The van der Waals surface area contributed by atoms with Crippen molar-refractivity contribution in [3.63, 3.8) is 0 Å². The predicted octanol–water partition coefficient (Wildman–Crippen LogP) is 4.89. The Morgan fingerprint density at radius 3 is 2.45 bits per heavy atom. The molecule has 3 rings (SSSR count). The molecule has 0 fully saturated rings. The molecular weight excluding hydrogens is 406 g/mol. The number of rotatable bonds is 8. The number of amides is 1. The predicted molar refractivity (Wildman–Crippen MR) is 124 cm³/mol. The number of hydrogen-bond donors (Lipinski definition) is 0. The number of thiazole rings is 1. The Morgan fingerprint density at radius 1 is 1.10 bits per heavy atom. The molecule has 0 N–H and O–H groups in total. The van der Waals surface area contributed by atoms with Gasteiger partial charge >= 0.3 is 0 Å². The molecule has 156 valence electrons. The summed E-state index contributed by atoms with van der Waals surface area (Å²) in [4.78, 5) is 21.9. The molecule has 1 amide bonds. The number of carbonyl (C=O) groups is 1. The van der Waals surface area contributed by atoms with Gasteiger partial charge in [-0.15, -0.1) is 12.4 Å². The Labute approximate surface area is 182 Å². The standard InChI is InChI=1S/C22H27N3O2S.ClH/c1-5-16-7-12-19-20(15-16)28-22(23-19)25(14-6-13-24(2)3)21(26)17-8-10-18(27-4)11-9-17;/h7-12,15H,5-6,13-14H2,1-4H3;1H. The summed E-state index contributed by atoms with van der Waals surface area (Å²) >= 11 is 1.58. The van der Waals surface area contributed by atoms with E-state index in [1.165, 1.54) is 5.56 Å². The molecule has 0 atom stereocenters. The third kappa shape index (κ3) is 5.69. The fraction of sp³-hybridized carbons (Fsp3) is 0.364. The Kier molecular flexibility index (Phi) is 8.44. The van der Waals surface area contributed by atoms with Gasteiger partial charge in [-0.25, -0.2) is 4.98 Å². The van der Waals surface area contributed by atoms with Crippen LogP contribution < -0.4 is 9.64 Å². The van der Waals surface area contributed by atoms with Gasteiger partial charge in [0.15, 0.2) is 5.13 Å². The van der Waals surface area contributed by atoms with E-state index in [0.29, 0.717) is 12.1 Å². The number of anilines is 1. The minimum Gasteiger partial charge on any atom is -0.497 e. The summed E-state index contributed by atoms with van der Waals surface area (Å²) in [5.74, 6) is 0.707. The van der Waals surface area contributed by atoms with Crippen LogP contribution >= 0.6 is 23.7 Å². The summed E-state index contributed by atoms with van der Waals surface area (Å²) in [6.45, 7) is 3.69. The lowest BCUT2D eigenvalue weighted by atomic mass is 10.2. The van der Waals surface area contributed by atoms with Crippen molar-refractivity contribution in [2.75, 3.05) is 39.2 Å². The van der Waals surface area contributed by atoms with Crippen LogP contribution in [-0.2, 0) is 6.42 Å². The van der Waals surface area contributed by atoms with Gasteiger partial charge in [-0.3, -0.25) is 9.69 Å². The quantitative estimate of drug-likeness (QED) is 0.507. The van der Waals surface area contributed by atoms with Gasteiger partial charge in [0.05, 0.1) is 17.3 Å². The molecule has 0 radical (unpaired) electrons. The van der Waals surface area contributed by atoms with Crippen molar-refractivity contribution in [2.45, 2.75) is 19.8 Å². The highest BCUT2D eigenvalue weighted by atomic mass is 35.5. The van der Waals surface area contributed by atoms with Crippen molar-refractivity contribution in [3.05, 3.63) is 53.6 Å². The van der Waals surface area contributed by atoms with Gasteiger partial charge in [-0.05, 0) is 75.4 Å². The molecule has 0 aliphatic carbocycles. The molecule has 3 aromatic rings. The number of carbonyl (C=O) groups excluding carboxylic acids is 1. The zero-order chi connectivity index (χ0) is 20.1.